The largest absolute Gasteiger partial charge is 0.339 e. The first kappa shape index (κ1) is 15.5. The summed E-state index contributed by atoms with van der Waals surface area (Å²) < 4.78 is 18.3. The number of carbonyl (C=O) groups excluding carboxylic acids is 1. The predicted octanol–water partition coefficient (Wildman–Crippen LogP) is 4.40. The quantitative estimate of drug-likeness (QED) is 0.766. The van der Waals surface area contributed by atoms with E-state index < -0.39 is 0 Å². The van der Waals surface area contributed by atoms with Crippen molar-refractivity contribution in [3.8, 4) is 11.4 Å². The number of halogens is 1. The van der Waals surface area contributed by atoms with Crippen LogP contribution in [0.5, 0.6) is 0 Å². The second-order valence-electron chi connectivity index (χ2n) is 6.13. The highest BCUT2D eigenvalue weighted by Crippen LogP contribution is 2.36. The van der Waals surface area contributed by atoms with Gasteiger partial charge in [0.25, 0.3) is 5.91 Å². The van der Waals surface area contributed by atoms with Crippen molar-refractivity contribution in [3.63, 3.8) is 0 Å². The summed E-state index contributed by atoms with van der Waals surface area (Å²) in [7, 11) is 0. The summed E-state index contributed by atoms with van der Waals surface area (Å²) >= 11 is 0. The van der Waals surface area contributed by atoms with Crippen molar-refractivity contribution in [1.29, 1.82) is 0 Å². The first-order chi connectivity index (χ1) is 12.2. The molecule has 1 heterocycles. The minimum absolute atomic E-state index is 0.281. The van der Waals surface area contributed by atoms with Gasteiger partial charge in [0.2, 0.25) is 11.7 Å². The van der Waals surface area contributed by atoms with Crippen LogP contribution >= 0.6 is 0 Å². The number of benzene rings is 2. The molecule has 1 aliphatic carbocycles. The van der Waals surface area contributed by atoms with Crippen LogP contribution in [0.4, 0.5) is 10.1 Å². The van der Waals surface area contributed by atoms with Crippen LogP contribution in [0.2, 0.25) is 0 Å². The number of nitrogens with zero attached hydrogens (tertiary/aromatic N) is 2. The van der Waals surface area contributed by atoms with Gasteiger partial charge in [-0.05, 0) is 49.2 Å². The van der Waals surface area contributed by atoms with E-state index in [1.807, 2.05) is 6.07 Å². The van der Waals surface area contributed by atoms with E-state index in [1.54, 1.807) is 18.2 Å². The second kappa shape index (κ2) is 6.47. The maximum absolute atomic E-state index is 12.9. The van der Waals surface area contributed by atoms with Crippen molar-refractivity contribution in [2.75, 3.05) is 5.32 Å². The Hall–Kier alpha value is -3.02. The summed E-state index contributed by atoms with van der Waals surface area (Å²) in [6, 6.07) is 12.7. The smallest absolute Gasteiger partial charge is 0.255 e. The average molecular weight is 337 g/mol. The van der Waals surface area contributed by atoms with E-state index in [0.29, 0.717) is 28.9 Å². The number of carbonyl (C=O) groups is 1. The Morgan fingerprint density at radius 3 is 2.68 bits per heavy atom. The van der Waals surface area contributed by atoms with Gasteiger partial charge < -0.3 is 9.84 Å². The third-order valence-corrected chi connectivity index (χ3v) is 4.38. The van der Waals surface area contributed by atoms with Gasteiger partial charge in [0.05, 0.1) is 0 Å². The fourth-order valence-electron chi connectivity index (χ4n) is 2.71. The summed E-state index contributed by atoms with van der Waals surface area (Å²) in [6.07, 6.45) is 3.37. The van der Waals surface area contributed by atoms with Crippen LogP contribution in [0.3, 0.4) is 0 Å². The molecule has 3 aromatic rings. The molecule has 1 saturated carbocycles. The van der Waals surface area contributed by atoms with E-state index in [2.05, 4.69) is 15.5 Å². The molecule has 25 heavy (non-hydrogen) atoms. The molecule has 4 rings (SSSR count). The molecular weight excluding hydrogens is 321 g/mol. The van der Waals surface area contributed by atoms with Gasteiger partial charge >= 0.3 is 0 Å². The number of anilines is 1. The first-order valence-electron chi connectivity index (χ1n) is 8.20. The second-order valence-corrected chi connectivity index (χ2v) is 6.13. The molecule has 0 spiro atoms. The number of rotatable bonds is 4. The van der Waals surface area contributed by atoms with Crippen molar-refractivity contribution >= 4 is 11.6 Å². The molecule has 1 aromatic heterocycles. The molecule has 0 radical (unpaired) electrons. The molecule has 5 nitrogen and oxygen atoms in total. The standard InChI is InChI=1S/C19H16FN3O2/c20-15-7-9-16(10-8-15)21-18(24)14-6-2-5-13(11-14)17-22-19(25-23-17)12-3-1-4-12/h2,5-12H,1,3-4H2,(H,21,24). The Kier molecular flexibility index (Phi) is 4.01. The van der Waals surface area contributed by atoms with Gasteiger partial charge in [0.1, 0.15) is 5.82 Å². The van der Waals surface area contributed by atoms with Gasteiger partial charge in [0, 0.05) is 22.7 Å². The highest BCUT2D eigenvalue weighted by molar-refractivity contribution is 6.04. The number of nitrogens with one attached hydrogen (secondary N) is 1. The Bertz CT molecular complexity index is 901. The van der Waals surface area contributed by atoms with Gasteiger partial charge in [-0.15, -0.1) is 0 Å². The SMILES string of the molecule is O=C(Nc1ccc(F)cc1)c1cccc(-c2noc(C3CCC3)n2)c1. The average Bonchev–Trinajstić information content (AvgIpc) is 3.05. The lowest BCUT2D eigenvalue weighted by atomic mass is 9.85. The van der Waals surface area contributed by atoms with Crippen LogP contribution in [-0.4, -0.2) is 16.0 Å². The molecule has 6 heteroatoms. The topological polar surface area (TPSA) is 68.0 Å². The van der Waals surface area contributed by atoms with E-state index in [1.165, 1.54) is 30.7 Å². The molecule has 0 atom stereocenters. The highest BCUT2D eigenvalue weighted by Gasteiger charge is 2.25. The molecule has 0 saturated heterocycles. The normalized spacial score (nSPS) is 14.1. The van der Waals surface area contributed by atoms with Crippen LogP contribution in [-0.2, 0) is 0 Å². The third-order valence-electron chi connectivity index (χ3n) is 4.38. The zero-order chi connectivity index (χ0) is 17.2. The zero-order valence-corrected chi connectivity index (χ0v) is 13.4. The molecule has 1 N–H and O–H groups in total. The van der Waals surface area contributed by atoms with E-state index >= 15 is 0 Å². The van der Waals surface area contributed by atoms with Gasteiger partial charge in [-0.3, -0.25) is 4.79 Å². The van der Waals surface area contributed by atoms with E-state index in [4.69, 9.17) is 4.52 Å². The molecular formula is C19H16FN3O2. The molecule has 1 aliphatic rings. The van der Waals surface area contributed by atoms with Crippen molar-refractivity contribution in [3.05, 3.63) is 65.8 Å². The van der Waals surface area contributed by atoms with E-state index in [9.17, 15) is 9.18 Å². The first-order valence-corrected chi connectivity index (χ1v) is 8.20. The van der Waals surface area contributed by atoms with Crippen molar-refractivity contribution in [2.24, 2.45) is 0 Å². The number of amides is 1. The maximum atomic E-state index is 12.9. The minimum atomic E-state index is -0.348. The molecule has 1 fully saturated rings. The summed E-state index contributed by atoms with van der Waals surface area (Å²) in [6.45, 7) is 0. The van der Waals surface area contributed by atoms with E-state index in [0.717, 1.165) is 18.4 Å². The molecule has 0 bridgehead atoms. The number of aromatic nitrogens is 2. The Morgan fingerprint density at radius 2 is 1.96 bits per heavy atom. The molecule has 0 unspecified atom stereocenters. The highest BCUT2D eigenvalue weighted by atomic mass is 19.1. The summed E-state index contributed by atoms with van der Waals surface area (Å²) in [5.41, 5.74) is 1.72. The monoisotopic (exact) mass is 337 g/mol. The molecule has 126 valence electrons. The predicted molar refractivity (Wildman–Crippen MR) is 90.7 cm³/mol. The van der Waals surface area contributed by atoms with Crippen molar-refractivity contribution < 1.29 is 13.7 Å². The number of hydrogen-bond donors (Lipinski definition) is 1. The molecule has 0 aliphatic heterocycles. The van der Waals surface area contributed by atoms with Crippen LogP contribution in [0, 0.1) is 5.82 Å². The Balaban J connectivity index is 1.53. The van der Waals surface area contributed by atoms with Gasteiger partial charge in [0.15, 0.2) is 0 Å². The lowest BCUT2D eigenvalue weighted by Gasteiger charge is -2.20. The van der Waals surface area contributed by atoms with Crippen LogP contribution < -0.4 is 5.32 Å². The molecule has 2 aromatic carbocycles. The van der Waals surface area contributed by atoms with Gasteiger partial charge in [-0.25, -0.2) is 4.39 Å². The summed E-state index contributed by atoms with van der Waals surface area (Å²) in [5, 5.41) is 6.76. The zero-order valence-electron chi connectivity index (χ0n) is 13.4. The van der Waals surface area contributed by atoms with Crippen LogP contribution in [0.25, 0.3) is 11.4 Å². The van der Waals surface area contributed by atoms with E-state index in [-0.39, 0.29) is 11.7 Å². The van der Waals surface area contributed by atoms with Crippen LogP contribution in [0.1, 0.15) is 41.4 Å². The Labute approximate surface area is 143 Å². The number of hydrogen-bond acceptors (Lipinski definition) is 4. The van der Waals surface area contributed by atoms with Crippen LogP contribution in [0.15, 0.2) is 53.1 Å². The van der Waals surface area contributed by atoms with Gasteiger partial charge in [-0.2, -0.15) is 4.98 Å². The van der Waals surface area contributed by atoms with Crippen molar-refractivity contribution in [1.82, 2.24) is 10.1 Å². The minimum Gasteiger partial charge on any atom is -0.339 e. The third kappa shape index (κ3) is 3.28. The fourth-order valence-corrected chi connectivity index (χ4v) is 2.71. The molecule has 1 amide bonds. The Morgan fingerprint density at radius 1 is 1.16 bits per heavy atom. The maximum Gasteiger partial charge on any atom is 0.255 e. The van der Waals surface area contributed by atoms with Gasteiger partial charge in [-0.1, -0.05) is 23.7 Å². The lowest BCUT2D eigenvalue weighted by Crippen LogP contribution is -2.11. The van der Waals surface area contributed by atoms with Crippen molar-refractivity contribution in [2.45, 2.75) is 25.2 Å². The lowest BCUT2D eigenvalue weighted by molar-refractivity contribution is 0.102. The summed E-state index contributed by atoms with van der Waals surface area (Å²) in [4.78, 5) is 16.8. The summed E-state index contributed by atoms with van der Waals surface area (Å²) in [5.74, 6) is 0.891. The fraction of sp³-hybridized carbons (Fsp3) is 0.211.